The lowest BCUT2D eigenvalue weighted by Crippen LogP contribution is -2.33. The standard InChI is InChI=1S/C19H26N2O5S/c1-18(2,10-24-12-19(3,4)16(22)23)11-25-14-8-6-13(7-9-14)15-20-21-17(26-15)27-5/h6-9H,10-12H2,1-5H3,(H,22,23). The molecule has 1 aromatic heterocycles. The zero-order valence-electron chi connectivity index (χ0n) is 16.3. The first-order valence-electron chi connectivity index (χ1n) is 8.55. The molecule has 1 N–H and O–H groups in total. The van der Waals surface area contributed by atoms with Crippen LogP contribution in [0.3, 0.4) is 0 Å². The largest absolute Gasteiger partial charge is 0.493 e. The van der Waals surface area contributed by atoms with E-state index in [0.29, 0.717) is 24.3 Å². The molecule has 7 nitrogen and oxygen atoms in total. The minimum Gasteiger partial charge on any atom is -0.493 e. The molecule has 0 saturated carbocycles. The van der Waals surface area contributed by atoms with Gasteiger partial charge in [-0.05, 0) is 44.4 Å². The Hall–Kier alpha value is -2.06. The first kappa shape index (κ1) is 21.2. The molecule has 0 aliphatic heterocycles. The lowest BCUT2D eigenvalue weighted by molar-refractivity contribution is -0.151. The summed E-state index contributed by atoms with van der Waals surface area (Å²) in [4.78, 5) is 11.1. The number of aromatic nitrogens is 2. The molecule has 0 radical (unpaired) electrons. The van der Waals surface area contributed by atoms with Gasteiger partial charge in [0.15, 0.2) is 0 Å². The van der Waals surface area contributed by atoms with Crippen LogP contribution >= 0.6 is 11.8 Å². The predicted octanol–water partition coefficient (Wildman–Crippen LogP) is 3.99. The minimum absolute atomic E-state index is 0.155. The molecule has 0 saturated heterocycles. The predicted molar refractivity (Wildman–Crippen MR) is 103 cm³/mol. The smallest absolute Gasteiger partial charge is 0.311 e. The SMILES string of the molecule is CSc1nnc(-c2ccc(OCC(C)(C)COCC(C)(C)C(=O)O)cc2)o1. The Balaban J connectivity index is 1.85. The molecule has 1 heterocycles. The summed E-state index contributed by atoms with van der Waals surface area (Å²) in [6.07, 6.45) is 1.88. The minimum atomic E-state index is -0.905. The van der Waals surface area contributed by atoms with Crippen molar-refractivity contribution in [1.82, 2.24) is 10.2 Å². The van der Waals surface area contributed by atoms with Gasteiger partial charge < -0.3 is 19.0 Å². The second-order valence-electron chi connectivity index (χ2n) is 7.74. The van der Waals surface area contributed by atoms with Crippen molar-refractivity contribution in [2.24, 2.45) is 10.8 Å². The Kier molecular flexibility index (Phi) is 6.89. The van der Waals surface area contributed by atoms with Gasteiger partial charge >= 0.3 is 5.97 Å². The van der Waals surface area contributed by atoms with Crippen LogP contribution in [0, 0.1) is 10.8 Å². The molecule has 0 unspecified atom stereocenters. The van der Waals surface area contributed by atoms with Crippen LogP contribution in [0.1, 0.15) is 27.7 Å². The number of carboxylic acid groups (broad SMARTS) is 1. The average molecular weight is 394 g/mol. The van der Waals surface area contributed by atoms with E-state index in [4.69, 9.17) is 19.0 Å². The van der Waals surface area contributed by atoms with Gasteiger partial charge in [-0.25, -0.2) is 0 Å². The van der Waals surface area contributed by atoms with Crippen molar-refractivity contribution < 1.29 is 23.8 Å². The molecule has 148 valence electrons. The van der Waals surface area contributed by atoms with E-state index in [1.807, 2.05) is 44.4 Å². The molecule has 0 atom stereocenters. The summed E-state index contributed by atoms with van der Waals surface area (Å²) in [6, 6.07) is 7.43. The van der Waals surface area contributed by atoms with Crippen LogP contribution in [0.2, 0.25) is 0 Å². The molecule has 2 aromatic rings. The second-order valence-corrected chi connectivity index (χ2v) is 8.49. The van der Waals surface area contributed by atoms with Crippen LogP contribution in [-0.4, -0.2) is 47.3 Å². The number of nitrogens with zero attached hydrogens (tertiary/aromatic N) is 2. The van der Waals surface area contributed by atoms with E-state index >= 15 is 0 Å². The maximum absolute atomic E-state index is 11.1. The summed E-state index contributed by atoms with van der Waals surface area (Å²) in [5.74, 6) is 0.325. The molecule has 0 aliphatic carbocycles. The van der Waals surface area contributed by atoms with Crippen molar-refractivity contribution in [1.29, 1.82) is 0 Å². The molecular weight excluding hydrogens is 368 g/mol. The molecular formula is C19H26N2O5S. The van der Waals surface area contributed by atoms with Gasteiger partial charge in [-0.15, -0.1) is 10.2 Å². The fraction of sp³-hybridized carbons (Fsp3) is 0.526. The number of thioether (sulfide) groups is 1. The van der Waals surface area contributed by atoms with Gasteiger partial charge in [-0.2, -0.15) is 0 Å². The van der Waals surface area contributed by atoms with Crippen molar-refractivity contribution in [2.45, 2.75) is 32.9 Å². The molecule has 2 rings (SSSR count). The van der Waals surface area contributed by atoms with Crippen molar-refractivity contribution in [3.63, 3.8) is 0 Å². The van der Waals surface area contributed by atoms with E-state index in [0.717, 1.165) is 11.3 Å². The van der Waals surface area contributed by atoms with Gasteiger partial charge in [0.05, 0.1) is 25.2 Å². The molecule has 0 bridgehead atoms. The molecule has 0 amide bonds. The lowest BCUT2D eigenvalue weighted by Gasteiger charge is -2.27. The fourth-order valence-electron chi connectivity index (χ4n) is 2.07. The highest BCUT2D eigenvalue weighted by Gasteiger charge is 2.29. The van der Waals surface area contributed by atoms with Crippen molar-refractivity contribution in [3.05, 3.63) is 24.3 Å². The summed E-state index contributed by atoms with van der Waals surface area (Å²) >= 11 is 1.40. The van der Waals surface area contributed by atoms with Crippen LogP contribution in [-0.2, 0) is 9.53 Å². The monoisotopic (exact) mass is 394 g/mol. The Bertz CT molecular complexity index is 756. The second kappa shape index (κ2) is 8.75. The molecule has 27 heavy (non-hydrogen) atoms. The number of aliphatic carboxylic acids is 1. The first-order valence-corrected chi connectivity index (χ1v) is 9.77. The zero-order valence-corrected chi connectivity index (χ0v) is 17.1. The van der Waals surface area contributed by atoms with E-state index in [1.165, 1.54) is 11.8 Å². The van der Waals surface area contributed by atoms with Gasteiger partial charge in [0, 0.05) is 11.0 Å². The van der Waals surface area contributed by atoms with Crippen molar-refractivity contribution >= 4 is 17.7 Å². The normalized spacial score (nSPS) is 12.2. The van der Waals surface area contributed by atoms with Gasteiger partial charge in [0.2, 0.25) is 5.89 Å². The van der Waals surface area contributed by atoms with Crippen molar-refractivity contribution in [3.8, 4) is 17.2 Å². The lowest BCUT2D eigenvalue weighted by atomic mass is 9.94. The summed E-state index contributed by atoms with van der Waals surface area (Å²) in [7, 11) is 0. The summed E-state index contributed by atoms with van der Waals surface area (Å²) in [5.41, 5.74) is -0.335. The number of hydrogen-bond donors (Lipinski definition) is 1. The number of benzene rings is 1. The third-order valence-corrected chi connectivity index (χ3v) is 4.36. The van der Waals surface area contributed by atoms with Gasteiger partial charge in [0.25, 0.3) is 5.22 Å². The number of ether oxygens (including phenoxy) is 2. The van der Waals surface area contributed by atoms with Crippen LogP contribution in [0.5, 0.6) is 5.75 Å². The van der Waals surface area contributed by atoms with Crippen molar-refractivity contribution in [2.75, 3.05) is 26.1 Å². The quantitative estimate of drug-likeness (QED) is 0.605. The Morgan fingerprint density at radius 2 is 1.78 bits per heavy atom. The summed E-state index contributed by atoms with van der Waals surface area (Å²) < 4.78 is 17.0. The zero-order chi connectivity index (χ0) is 20.1. The van der Waals surface area contributed by atoms with Gasteiger partial charge in [-0.1, -0.05) is 25.6 Å². The number of carboxylic acids is 1. The fourth-order valence-corrected chi connectivity index (χ4v) is 2.35. The number of hydrogen-bond acceptors (Lipinski definition) is 7. The maximum Gasteiger partial charge on any atom is 0.311 e. The van der Waals surface area contributed by atoms with Gasteiger partial charge in [-0.3, -0.25) is 4.79 Å². The average Bonchev–Trinajstić information content (AvgIpc) is 3.09. The third-order valence-electron chi connectivity index (χ3n) is 3.85. The Morgan fingerprint density at radius 1 is 1.11 bits per heavy atom. The highest BCUT2D eigenvalue weighted by atomic mass is 32.2. The van der Waals surface area contributed by atoms with E-state index in [2.05, 4.69) is 10.2 Å². The molecule has 1 aromatic carbocycles. The molecule has 0 fully saturated rings. The summed E-state index contributed by atoms with van der Waals surface area (Å²) in [5, 5.41) is 17.6. The number of carbonyl (C=O) groups is 1. The Morgan fingerprint density at radius 3 is 2.33 bits per heavy atom. The van der Waals surface area contributed by atoms with E-state index in [9.17, 15) is 4.79 Å². The van der Waals surface area contributed by atoms with Crippen LogP contribution in [0.15, 0.2) is 33.9 Å². The van der Waals surface area contributed by atoms with Crippen LogP contribution in [0.4, 0.5) is 0 Å². The molecule has 0 spiro atoms. The molecule has 8 heteroatoms. The van der Waals surface area contributed by atoms with Crippen LogP contribution < -0.4 is 4.74 Å². The topological polar surface area (TPSA) is 94.7 Å². The van der Waals surface area contributed by atoms with E-state index < -0.39 is 11.4 Å². The van der Waals surface area contributed by atoms with E-state index in [1.54, 1.807) is 13.8 Å². The Labute approximate surface area is 163 Å². The maximum atomic E-state index is 11.1. The van der Waals surface area contributed by atoms with E-state index in [-0.39, 0.29) is 12.0 Å². The summed E-state index contributed by atoms with van der Waals surface area (Å²) in [6.45, 7) is 8.31. The highest BCUT2D eigenvalue weighted by Crippen LogP contribution is 2.25. The number of rotatable bonds is 10. The highest BCUT2D eigenvalue weighted by molar-refractivity contribution is 7.98. The molecule has 0 aliphatic rings. The van der Waals surface area contributed by atoms with Gasteiger partial charge in [0.1, 0.15) is 5.75 Å². The first-order chi connectivity index (χ1) is 12.6. The van der Waals surface area contributed by atoms with Crippen LogP contribution in [0.25, 0.3) is 11.5 Å². The third kappa shape index (κ3) is 6.25.